The second-order valence-corrected chi connectivity index (χ2v) is 6.30. The summed E-state index contributed by atoms with van der Waals surface area (Å²) in [5, 5.41) is 3.15. The molecular weight excluding hydrogens is 271 g/mol. The van der Waals surface area contributed by atoms with E-state index in [4.69, 9.17) is 9.47 Å². The Morgan fingerprint density at radius 1 is 1.29 bits per heavy atom. The number of nitrogens with zero attached hydrogens (tertiary/aromatic N) is 1. The van der Waals surface area contributed by atoms with Crippen LogP contribution in [0.25, 0.3) is 0 Å². The van der Waals surface area contributed by atoms with E-state index in [1.54, 1.807) is 18.2 Å². The Labute approximate surface area is 126 Å². The molecule has 0 unspecified atom stereocenters. The summed E-state index contributed by atoms with van der Waals surface area (Å²) in [6.45, 7) is 10.6. The molecule has 0 aromatic heterocycles. The zero-order chi connectivity index (χ0) is 15.3. The van der Waals surface area contributed by atoms with Gasteiger partial charge in [0.1, 0.15) is 6.61 Å². The van der Waals surface area contributed by atoms with Gasteiger partial charge in [-0.2, -0.15) is 0 Å². The van der Waals surface area contributed by atoms with Gasteiger partial charge in [-0.1, -0.05) is 6.07 Å². The van der Waals surface area contributed by atoms with Gasteiger partial charge in [-0.3, -0.25) is 4.90 Å². The standard InChI is InChI=1S/C16H25FN2O2/c1-16(2,3)18-13-5-4-6-14(15(13)17)21-12-9-19-7-10-20-11-8-19/h4-6,18H,7-12H2,1-3H3. The van der Waals surface area contributed by atoms with Crippen molar-refractivity contribution >= 4 is 5.69 Å². The number of rotatable bonds is 5. The van der Waals surface area contributed by atoms with E-state index in [9.17, 15) is 4.39 Å². The maximum atomic E-state index is 14.3. The molecule has 0 bridgehead atoms. The highest BCUT2D eigenvalue weighted by Gasteiger charge is 2.16. The Kier molecular flexibility index (Phi) is 5.42. The van der Waals surface area contributed by atoms with Gasteiger partial charge < -0.3 is 14.8 Å². The summed E-state index contributed by atoms with van der Waals surface area (Å²) in [5.74, 6) is -0.0214. The highest BCUT2D eigenvalue weighted by molar-refractivity contribution is 5.51. The van der Waals surface area contributed by atoms with E-state index in [0.717, 1.165) is 32.8 Å². The lowest BCUT2D eigenvalue weighted by Gasteiger charge is -2.26. The minimum absolute atomic E-state index is 0.187. The fourth-order valence-electron chi connectivity index (χ4n) is 2.23. The summed E-state index contributed by atoms with van der Waals surface area (Å²) in [7, 11) is 0. The van der Waals surface area contributed by atoms with E-state index >= 15 is 0 Å². The molecule has 0 spiro atoms. The molecule has 1 fully saturated rings. The molecule has 0 aliphatic carbocycles. The third-order valence-corrected chi connectivity index (χ3v) is 3.24. The third-order valence-electron chi connectivity index (χ3n) is 3.24. The number of anilines is 1. The van der Waals surface area contributed by atoms with Crippen LogP contribution in [-0.2, 0) is 4.74 Å². The van der Waals surface area contributed by atoms with Gasteiger partial charge in [0.25, 0.3) is 0 Å². The van der Waals surface area contributed by atoms with Gasteiger partial charge in [0.2, 0.25) is 0 Å². The lowest BCUT2D eigenvalue weighted by molar-refractivity contribution is 0.0320. The van der Waals surface area contributed by atoms with Crippen molar-refractivity contribution in [3.05, 3.63) is 24.0 Å². The Bertz CT molecular complexity index is 454. The molecule has 0 saturated carbocycles. The molecule has 2 rings (SSSR count). The van der Waals surface area contributed by atoms with Crippen molar-refractivity contribution in [3.63, 3.8) is 0 Å². The molecule has 1 aromatic carbocycles. The molecule has 1 aliphatic rings. The molecule has 4 nitrogen and oxygen atoms in total. The maximum absolute atomic E-state index is 14.3. The summed E-state index contributed by atoms with van der Waals surface area (Å²) in [6.07, 6.45) is 0. The number of benzene rings is 1. The average Bonchev–Trinajstić information content (AvgIpc) is 2.43. The maximum Gasteiger partial charge on any atom is 0.188 e. The van der Waals surface area contributed by atoms with Crippen molar-refractivity contribution in [2.75, 3.05) is 44.8 Å². The quantitative estimate of drug-likeness (QED) is 0.906. The van der Waals surface area contributed by atoms with E-state index in [0.29, 0.717) is 18.0 Å². The van der Waals surface area contributed by atoms with Crippen LogP contribution >= 0.6 is 0 Å². The van der Waals surface area contributed by atoms with E-state index in [1.165, 1.54) is 0 Å². The minimum atomic E-state index is -0.325. The van der Waals surface area contributed by atoms with E-state index < -0.39 is 0 Å². The number of hydrogen-bond donors (Lipinski definition) is 1. The van der Waals surface area contributed by atoms with Gasteiger partial charge in [0.15, 0.2) is 11.6 Å². The van der Waals surface area contributed by atoms with Gasteiger partial charge in [0, 0.05) is 25.2 Å². The Morgan fingerprint density at radius 3 is 2.67 bits per heavy atom. The molecule has 0 atom stereocenters. The topological polar surface area (TPSA) is 33.7 Å². The molecule has 5 heteroatoms. The van der Waals surface area contributed by atoms with Crippen LogP contribution in [0, 0.1) is 5.82 Å². The van der Waals surface area contributed by atoms with Crippen LogP contribution in [0.5, 0.6) is 5.75 Å². The number of nitrogens with one attached hydrogen (secondary N) is 1. The summed E-state index contributed by atoms with van der Waals surface area (Å²) in [4.78, 5) is 2.26. The van der Waals surface area contributed by atoms with Gasteiger partial charge in [-0.05, 0) is 32.9 Å². The molecule has 1 N–H and O–H groups in total. The molecule has 0 amide bonds. The highest BCUT2D eigenvalue weighted by atomic mass is 19.1. The first kappa shape index (κ1) is 16.0. The SMILES string of the molecule is CC(C)(C)Nc1cccc(OCCN2CCOCC2)c1F. The second-order valence-electron chi connectivity index (χ2n) is 6.30. The van der Waals surface area contributed by atoms with Crippen LogP contribution in [0.15, 0.2) is 18.2 Å². The van der Waals surface area contributed by atoms with Crippen LogP contribution in [0.2, 0.25) is 0 Å². The first-order valence-electron chi connectivity index (χ1n) is 7.45. The monoisotopic (exact) mass is 296 g/mol. The second kappa shape index (κ2) is 7.09. The summed E-state index contributed by atoms with van der Waals surface area (Å²) in [5.41, 5.74) is 0.291. The molecule has 118 valence electrons. The largest absolute Gasteiger partial charge is 0.489 e. The van der Waals surface area contributed by atoms with Crippen molar-refractivity contribution in [1.29, 1.82) is 0 Å². The average molecular weight is 296 g/mol. The Balaban J connectivity index is 1.89. The molecule has 1 aromatic rings. The predicted molar refractivity (Wildman–Crippen MR) is 82.5 cm³/mol. The zero-order valence-corrected chi connectivity index (χ0v) is 13.1. The van der Waals surface area contributed by atoms with Crippen molar-refractivity contribution in [3.8, 4) is 5.75 Å². The van der Waals surface area contributed by atoms with Crippen LogP contribution in [0.3, 0.4) is 0 Å². The normalized spacial score (nSPS) is 16.8. The van der Waals surface area contributed by atoms with Gasteiger partial charge >= 0.3 is 0 Å². The summed E-state index contributed by atoms with van der Waals surface area (Å²) in [6, 6.07) is 5.21. The van der Waals surface area contributed by atoms with E-state index in [-0.39, 0.29) is 11.4 Å². The fourth-order valence-corrected chi connectivity index (χ4v) is 2.23. The van der Waals surface area contributed by atoms with Crippen molar-refractivity contribution in [2.24, 2.45) is 0 Å². The number of morpholine rings is 1. The smallest absolute Gasteiger partial charge is 0.188 e. The lowest BCUT2D eigenvalue weighted by atomic mass is 10.1. The lowest BCUT2D eigenvalue weighted by Crippen LogP contribution is -2.38. The van der Waals surface area contributed by atoms with E-state index in [2.05, 4.69) is 10.2 Å². The van der Waals surface area contributed by atoms with Gasteiger partial charge in [-0.25, -0.2) is 4.39 Å². The van der Waals surface area contributed by atoms with Crippen LogP contribution < -0.4 is 10.1 Å². The fraction of sp³-hybridized carbons (Fsp3) is 0.625. The van der Waals surface area contributed by atoms with Gasteiger partial charge in [0.05, 0.1) is 18.9 Å². The molecule has 1 saturated heterocycles. The molecule has 0 radical (unpaired) electrons. The van der Waals surface area contributed by atoms with Crippen molar-refractivity contribution in [1.82, 2.24) is 4.90 Å². The third kappa shape index (κ3) is 5.17. The van der Waals surface area contributed by atoms with Crippen molar-refractivity contribution in [2.45, 2.75) is 26.3 Å². The Morgan fingerprint density at radius 2 is 2.00 bits per heavy atom. The first-order chi connectivity index (χ1) is 9.96. The summed E-state index contributed by atoms with van der Waals surface area (Å²) >= 11 is 0. The number of hydrogen-bond acceptors (Lipinski definition) is 4. The van der Waals surface area contributed by atoms with E-state index in [1.807, 2.05) is 20.8 Å². The van der Waals surface area contributed by atoms with Gasteiger partial charge in [-0.15, -0.1) is 0 Å². The molecule has 21 heavy (non-hydrogen) atoms. The minimum Gasteiger partial charge on any atom is -0.489 e. The zero-order valence-electron chi connectivity index (χ0n) is 13.1. The van der Waals surface area contributed by atoms with Crippen LogP contribution in [0.1, 0.15) is 20.8 Å². The number of ether oxygens (including phenoxy) is 2. The molecule has 1 aliphatic heterocycles. The van der Waals surface area contributed by atoms with Crippen LogP contribution in [-0.4, -0.2) is 49.9 Å². The van der Waals surface area contributed by atoms with Crippen molar-refractivity contribution < 1.29 is 13.9 Å². The predicted octanol–water partition coefficient (Wildman–Crippen LogP) is 2.75. The number of halogens is 1. The van der Waals surface area contributed by atoms with Crippen LogP contribution in [0.4, 0.5) is 10.1 Å². The molecule has 1 heterocycles. The first-order valence-corrected chi connectivity index (χ1v) is 7.45. The molecular formula is C16H25FN2O2. The highest BCUT2D eigenvalue weighted by Crippen LogP contribution is 2.26. The summed E-state index contributed by atoms with van der Waals surface area (Å²) < 4.78 is 25.2. The Hall–Kier alpha value is -1.33.